The maximum atomic E-state index is 12.0. The molecule has 100 valence electrons. The lowest BCUT2D eigenvalue weighted by Gasteiger charge is -2.15. The van der Waals surface area contributed by atoms with Crippen LogP contribution < -0.4 is 10.1 Å². The molecule has 0 amide bonds. The average Bonchev–Trinajstić information content (AvgIpc) is 2.54. The molecule has 1 aromatic rings. The quantitative estimate of drug-likeness (QED) is 0.888. The van der Waals surface area contributed by atoms with Gasteiger partial charge in [-0.25, -0.2) is 0 Å². The van der Waals surface area contributed by atoms with Gasteiger partial charge in [-0.1, -0.05) is 12.1 Å². The lowest BCUT2D eigenvalue weighted by Crippen LogP contribution is -2.17. The number of hydrogen-bond donors (Lipinski definition) is 1. The molecule has 1 fully saturated rings. The highest BCUT2D eigenvalue weighted by Crippen LogP contribution is 2.27. The number of nitrogens with one attached hydrogen (secondary N) is 1. The SMILES string of the molecule is [2H][C@]1(c2ccc(OC(F)(F)F)cc2)CCNCCO1. The first-order chi connectivity index (χ1) is 8.89. The lowest BCUT2D eigenvalue weighted by atomic mass is 10.1. The summed E-state index contributed by atoms with van der Waals surface area (Å²) in [6, 6.07) is 5.25. The zero-order valence-electron chi connectivity index (χ0n) is 10.6. The van der Waals surface area contributed by atoms with Crippen molar-refractivity contribution in [2.24, 2.45) is 0 Å². The first kappa shape index (κ1) is 11.8. The van der Waals surface area contributed by atoms with Crippen LogP contribution in [0, 0.1) is 0 Å². The zero-order chi connectivity index (χ0) is 13.9. The number of benzene rings is 1. The van der Waals surface area contributed by atoms with E-state index in [1.165, 1.54) is 24.3 Å². The minimum Gasteiger partial charge on any atom is -0.406 e. The number of halogens is 3. The van der Waals surface area contributed by atoms with E-state index in [1.54, 1.807) is 0 Å². The average molecular weight is 262 g/mol. The molecule has 0 aliphatic carbocycles. The molecule has 0 unspecified atom stereocenters. The van der Waals surface area contributed by atoms with Gasteiger partial charge in [0.1, 0.15) is 5.75 Å². The fraction of sp³-hybridized carbons (Fsp3) is 0.500. The normalized spacial score (nSPS) is 26.3. The summed E-state index contributed by atoms with van der Waals surface area (Å²) in [5.74, 6) is -0.299. The summed E-state index contributed by atoms with van der Waals surface area (Å²) in [7, 11) is 0. The summed E-state index contributed by atoms with van der Waals surface area (Å²) in [6.45, 7) is 1.69. The molecule has 2 rings (SSSR count). The van der Waals surface area contributed by atoms with Gasteiger partial charge < -0.3 is 14.8 Å². The summed E-state index contributed by atoms with van der Waals surface area (Å²) in [5, 5.41) is 3.10. The van der Waals surface area contributed by atoms with Crippen molar-refractivity contribution in [2.45, 2.75) is 18.9 Å². The third-order valence-electron chi connectivity index (χ3n) is 2.49. The summed E-state index contributed by atoms with van der Waals surface area (Å²) in [5.41, 5.74) is 0.519. The Kier molecular flexibility index (Phi) is 3.66. The topological polar surface area (TPSA) is 30.5 Å². The van der Waals surface area contributed by atoms with Crippen LogP contribution in [0.25, 0.3) is 0 Å². The van der Waals surface area contributed by atoms with E-state index in [2.05, 4.69) is 10.1 Å². The summed E-state index contributed by atoms with van der Waals surface area (Å²) in [4.78, 5) is 0. The van der Waals surface area contributed by atoms with Gasteiger partial charge in [-0.05, 0) is 30.7 Å². The molecular weight excluding hydrogens is 247 g/mol. The lowest BCUT2D eigenvalue weighted by molar-refractivity contribution is -0.274. The molecule has 6 heteroatoms. The predicted molar refractivity (Wildman–Crippen MR) is 59.3 cm³/mol. The molecule has 1 N–H and O–H groups in total. The fourth-order valence-corrected chi connectivity index (χ4v) is 1.72. The molecule has 1 heterocycles. The Hall–Kier alpha value is -1.27. The van der Waals surface area contributed by atoms with E-state index in [0.717, 1.165) is 0 Å². The van der Waals surface area contributed by atoms with Crippen molar-refractivity contribution in [2.75, 3.05) is 19.7 Å². The third kappa shape index (κ3) is 3.89. The fourth-order valence-electron chi connectivity index (χ4n) is 1.72. The number of rotatable bonds is 2. The van der Waals surface area contributed by atoms with Crippen molar-refractivity contribution in [1.29, 1.82) is 0 Å². The van der Waals surface area contributed by atoms with Crippen molar-refractivity contribution in [3.63, 3.8) is 0 Å². The maximum absolute atomic E-state index is 12.0. The number of alkyl halides is 3. The molecule has 1 aromatic carbocycles. The van der Waals surface area contributed by atoms with Gasteiger partial charge in [-0.2, -0.15) is 0 Å². The van der Waals surface area contributed by atoms with Crippen molar-refractivity contribution in [1.82, 2.24) is 5.32 Å². The smallest absolute Gasteiger partial charge is 0.406 e. The molecular formula is C12H14F3NO2. The van der Waals surface area contributed by atoms with Gasteiger partial charge in [0.05, 0.1) is 14.1 Å². The molecule has 0 saturated carbocycles. The van der Waals surface area contributed by atoms with Crippen LogP contribution in [0.1, 0.15) is 19.4 Å². The van der Waals surface area contributed by atoms with Crippen molar-refractivity contribution < 1.29 is 24.0 Å². The van der Waals surface area contributed by atoms with Crippen LogP contribution in [-0.2, 0) is 4.74 Å². The van der Waals surface area contributed by atoms with Crippen LogP contribution in [0.2, 0.25) is 0 Å². The van der Waals surface area contributed by atoms with Crippen molar-refractivity contribution >= 4 is 0 Å². The van der Waals surface area contributed by atoms with E-state index in [0.29, 0.717) is 31.7 Å². The van der Waals surface area contributed by atoms with Crippen LogP contribution in [0.5, 0.6) is 5.75 Å². The minimum absolute atomic E-state index is 0.299. The Bertz CT molecular complexity index is 414. The first-order valence-corrected chi connectivity index (χ1v) is 5.60. The zero-order valence-corrected chi connectivity index (χ0v) is 9.59. The summed E-state index contributed by atoms with van der Waals surface area (Å²) >= 11 is 0. The van der Waals surface area contributed by atoms with Crippen LogP contribution in [0.4, 0.5) is 13.2 Å². The highest BCUT2D eigenvalue weighted by molar-refractivity contribution is 5.28. The molecule has 1 atom stereocenters. The minimum atomic E-state index is -4.71. The van der Waals surface area contributed by atoms with Gasteiger partial charge in [-0.15, -0.1) is 13.2 Å². The van der Waals surface area contributed by atoms with Gasteiger partial charge in [0.2, 0.25) is 0 Å². The molecule has 0 bridgehead atoms. The van der Waals surface area contributed by atoms with Gasteiger partial charge in [0.15, 0.2) is 0 Å². The molecule has 0 radical (unpaired) electrons. The number of hydrogen-bond acceptors (Lipinski definition) is 3. The van der Waals surface area contributed by atoms with E-state index in [-0.39, 0.29) is 5.75 Å². The van der Waals surface area contributed by atoms with Crippen LogP contribution in [0.3, 0.4) is 0 Å². The molecule has 1 saturated heterocycles. The first-order valence-electron chi connectivity index (χ1n) is 6.10. The standard InChI is InChI=1S/C12H14F3NO2/c13-12(14,15)18-10-3-1-9(2-4-10)11-5-6-16-7-8-17-11/h1-4,11,16H,5-8H2/t11-/m1/s1/i11D. The molecule has 1 aliphatic rings. The van der Waals surface area contributed by atoms with Crippen LogP contribution >= 0.6 is 0 Å². The largest absolute Gasteiger partial charge is 0.573 e. The predicted octanol–water partition coefficient (Wildman–Crippen LogP) is 2.64. The maximum Gasteiger partial charge on any atom is 0.573 e. The van der Waals surface area contributed by atoms with E-state index >= 15 is 0 Å². The van der Waals surface area contributed by atoms with E-state index in [1.807, 2.05) is 0 Å². The second-order valence-electron chi connectivity index (χ2n) is 3.84. The Morgan fingerprint density at radius 1 is 1.28 bits per heavy atom. The molecule has 0 aromatic heterocycles. The Balaban J connectivity index is 2.12. The second kappa shape index (κ2) is 5.58. The highest BCUT2D eigenvalue weighted by Gasteiger charge is 2.31. The highest BCUT2D eigenvalue weighted by atomic mass is 19.4. The Morgan fingerprint density at radius 3 is 2.67 bits per heavy atom. The third-order valence-corrected chi connectivity index (χ3v) is 2.49. The van der Waals surface area contributed by atoms with E-state index in [9.17, 15) is 13.2 Å². The van der Waals surface area contributed by atoms with Crippen LogP contribution in [-0.4, -0.2) is 26.1 Å². The van der Waals surface area contributed by atoms with E-state index in [4.69, 9.17) is 6.11 Å². The van der Waals surface area contributed by atoms with Crippen LogP contribution in [0.15, 0.2) is 24.3 Å². The van der Waals surface area contributed by atoms with Crippen molar-refractivity contribution in [3.05, 3.63) is 29.8 Å². The molecule has 18 heavy (non-hydrogen) atoms. The second-order valence-corrected chi connectivity index (χ2v) is 3.84. The molecule has 0 spiro atoms. The Morgan fingerprint density at radius 2 is 2.00 bits per heavy atom. The van der Waals surface area contributed by atoms with E-state index < -0.39 is 12.4 Å². The van der Waals surface area contributed by atoms with Gasteiger partial charge >= 0.3 is 6.36 Å². The Labute approximate surface area is 104 Å². The number of ether oxygens (including phenoxy) is 2. The van der Waals surface area contributed by atoms with Crippen molar-refractivity contribution in [3.8, 4) is 5.75 Å². The van der Waals surface area contributed by atoms with Gasteiger partial charge in [-0.3, -0.25) is 0 Å². The van der Waals surface area contributed by atoms with Gasteiger partial charge in [0.25, 0.3) is 0 Å². The summed E-state index contributed by atoms with van der Waals surface area (Å²) < 4.78 is 53.6. The van der Waals surface area contributed by atoms with Gasteiger partial charge in [0, 0.05) is 6.54 Å². The molecule has 3 nitrogen and oxygen atoms in total. The monoisotopic (exact) mass is 262 g/mol. The summed E-state index contributed by atoms with van der Waals surface area (Å²) in [6.07, 6.45) is -5.49. The molecule has 1 aliphatic heterocycles.